The van der Waals surface area contributed by atoms with Gasteiger partial charge < -0.3 is 4.90 Å². The van der Waals surface area contributed by atoms with Gasteiger partial charge in [-0.3, -0.25) is 9.52 Å². The lowest BCUT2D eigenvalue weighted by Crippen LogP contribution is -2.35. The zero-order valence-electron chi connectivity index (χ0n) is 16.0. The van der Waals surface area contributed by atoms with Gasteiger partial charge in [0.05, 0.1) is 15.6 Å². The van der Waals surface area contributed by atoms with Crippen molar-refractivity contribution in [2.75, 3.05) is 9.62 Å². The number of sulfonamides is 1. The molecule has 0 spiro atoms. The number of hydrogen-bond acceptors (Lipinski definition) is 3. The van der Waals surface area contributed by atoms with Crippen molar-refractivity contribution in [1.82, 2.24) is 0 Å². The molecule has 1 amide bonds. The van der Waals surface area contributed by atoms with Gasteiger partial charge in [-0.25, -0.2) is 12.8 Å². The van der Waals surface area contributed by atoms with E-state index in [-0.39, 0.29) is 27.6 Å². The van der Waals surface area contributed by atoms with E-state index in [9.17, 15) is 17.6 Å². The number of amides is 1. The summed E-state index contributed by atoms with van der Waals surface area (Å²) in [7, 11) is -3.91. The monoisotopic (exact) mass is 444 g/mol. The molecular weight excluding hydrogens is 427 g/mol. The Balaban J connectivity index is 1.63. The topological polar surface area (TPSA) is 66.5 Å². The highest BCUT2D eigenvalue weighted by Crippen LogP contribution is 2.35. The molecule has 30 heavy (non-hydrogen) atoms. The number of carbonyl (C=O) groups excluding carboxylic acids is 1. The summed E-state index contributed by atoms with van der Waals surface area (Å²) >= 11 is 5.73. The second-order valence-corrected chi connectivity index (χ2v) is 9.21. The Kier molecular flexibility index (Phi) is 5.26. The first-order valence-electron chi connectivity index (χ1n) is 9.25. The Bertz CT molecular complexity index is 1230. The van der Waals surface area contributed by atoms with Crippen LogP contribution in [0.3, 0.4) is 0 Å². The fourth-order valence-corrected chi connectivity index (χ4v) is 4.86. The minimum Gasteiger partial charge on any atom is -0.305 e. The number of hydrogen-bond donors (Lipinski definition) is 1. The van der Waals surface area contributed by atoms with E-state index in [1.54, 1.807) is 41.3 Å². The van der Waals surface area contributed by atoms with E-state index in [0.29, 0.717) is 17.7 Å². The zero-order chi connectivity index (χ0) is 21.5. The Morgan fingerprint density at radius 1 is 1.10 bits per heavy atom. The van der Waals surface area contributed by atoms with E-state index < -0.39 is 15.8 Å². The summed E-state index contributed by atoms with van der Waals surface area (Å²) < 4.78 is 41.3. The molecule has 0 aliphatic carbocycles. The molecule has 8 heteroatoms. The summed E-state index contributed by atoms with van der Waals surface area (Å²) in [6, 6.07) is 17.1. The molecule has 1 N–H and O–H groups in total. The first-order chi connectivity index (χ1) is 14.3. The molecule has 1 aliphatic rings. The Labute approximate surface area is 179 Å². The van der Waals surface area contributed by atoms with Gasteiger partial charge in [0.2, 0.25) is 0 Å². The second-order valence-electron chi connectivity index (χ2n) is 7.12. The molecule has 1 unspecified atom stereocenters. The van der Waals surface area contributed by atoms with Gasteiger partial charge in [-0.05, 0) is 67.4 Å². The van der Waals surface area contributed by atoms with Crippen LogP contribution in [-0.4, -0.2) is 20.4 Å². The Hall–Kier alpha value is -2.90. The molecule has 1 heterocycles. The third kappa shape index (κ3) is 3.78. The smallest absolute Gasteiger partial charge is 0.261 e. The van der Waals surface area contributed by atoms with Crippen LogP contribution in [0.15, 0.2) is 71.6 Å². The van der Waals surface area contributed by atoms with Gasteiger partial charge in [0, 0.05) is 17.3 Å². The molecule has 3 aromatic rings. The van der Waals surface area contributed by atoms with Gasteiger partial charge in [0.15, 0.2) is 0 Å². The molecule has 3 aromatic carbocycles. The fourth-order valence-electron chi connectivity index (χ4n) is 3.58. The van der Waals surface area contributed by atoms with E-state index in [0.717, 1.165) is 11.6 Å². The summed E-state index contributed by atoms with van der Waals surface area (Å²) in [5.74, 6) is -0.758. The predicted molar refractivity (Wildman–Crippen MR) is 115 cm³/mol. The van der Waals surface area contributed by atoms with Crippen LogP contribution in [0.5, 0.6) is 0 Å². The molecule has 4 rings (SSSR count). The van der Waals surface area contributed by atoms with Crippen molar-refractivity contribution in [3.63, 3.8) is 0 Å². The van der Waals surface area contributed by atoms with E-state index in [1.807, 2.05) is 13.0 Å². The number of rotatable bonds is 4. The van der Waals surface area contributed by atoms with Crippen LogP contribution in [0, 0.1) is 5.82 Å². The molecule has 0 aromatic heterocycles. The van der Waals surface area contributed by atoms with E-state index >= 15 is 0 Å². The second kappa shape index (κ2) is 7.74. The van der Waals surface area contributed by atoms with E-state index in [4.69, 9.17) is 11.6 Å². The summed E-state index contributed by atoms with van der Waals surface area (Å²) in [5, 5.41) is -0.173. The molecule has 0 fully saturated rings. The van der Waals surface area contributed by atoms with Crippen molar-refractivity contribution < 1.29 is 17.6 Å². The molecule has 0 bridgehead atoms. The first kappa shape index (κ1) is 20.4. The average Bonchev–Trinajstić information content (AvgIpc) is 3.05. The normalized spacial score (nSPS) is 15.7. The average molecular weight is 445 g/mol. The summed E-state index contributed by atoms with van der Waals surface area (Å²) in [4.78, 5) is 14.7. The quantitative estimate of drug-likeness (QED) is 0.624. The first-order valence-corrected chi connectivity index (χ1v) is 11.1. The maximum Gasteiger partial charge on any atom is 0.261 e. The summed E-state index contributed by atoms with van der Waals surface area (Å²) in [6.07, 6.45) is 0.541. The van der Waals surface area contributed by atoms with Gasteiger partial charge in [-0.15, -0.1) is 0 Å². The summed E-state index contributed by atoms with van der Waals surface area (Å²) in [6.45, 7) is 1.92. The molecule has 154 valence electrons. The Morgan fingerprint density at radius 2 is 1.83 bits per heavy atom. The molecular formula is C22H18ClFN2O3S. The van der Waals surface area contributed by atoms with E-state index in [1.165, 1.54) is 18.2 Å². The number of nitrogens with zero attached hydrogens (tertiary/aromatic N) is 1. The zero-order valence-corrected chi connectivity index (χ0v) is 17.5. The highest BCUT2D eigenvalue weighted by Gasteiger charge is 2.32. The van der Waals surface area contributed by atoms with Crippen LogP contribution < -0.4 is 9.62 Å². The maximum atomic E-state index is 13.3. The molecule has 5 nitrogen and oxygen atoms in total. The van der Waals surface area contributed by atoms with Gasteiger partial charge in [0.1, 0.15) is 5.82 Å². The van der Waals surface area contributed by atoms with Gasteiger partial charge >= 0.3 is 0 Å². The van der Waals surface area contributed by atoms with Crippen molar-refractivity contribution in [2.45, 2.75) is 24.3 Å². The molecule has 1 atom stereocenters. The highest BCUT2D eigenvalue weighted by molar-refractivity contribution is 7.92. The van der Waals surface area contributed by atoms with Crippen LogP contribution in [0.1, 0.15) is 22.8 Å². The number of carbonyl (C=O) groups is 1. The lowest BCUT2D eigenvalue weighted by molar-refractivity contribution is 0.0981. The number of fused-ring (bicyclic) bond motifs is 1. The third-order valence-corrected chi connectivity index (χ3v) is 6.66. The molecule has 1 aliphatic heterocycles. The standard InChI is InChI=1S/C22H18ClFN2O3S/c1-14-11-16-12-18(30(28,29)25-17-7-9-20(24)19(23)13-17)8-10-21(16)26(14)22(27)15-5-3-2-4-6-15/h2-10,12-14,25H,11H2,1H3. The predicted octanol–water partition coefficient (Wildman–Crippen LogP) is 4.87. The van der Waals surface area contributed by atoms with Crippen molar-refractivity contribution >= 4 is 38.9 Å². The van der Waals surface area contributed by atoms with Gasteiger partial charge in [-0.2, -0.15) is 0 Å². The number of nitrogens with one attached hydrogen (secondary N) is 1. The molecule has 0 radical (unpaired) electrons. The number of anilines is 2. The highest BCUT2D eigenvalue weighted by atomic mass is 35.5. The Morgan fingerprint density at radius 3 is 2.53 bits per heavy atom. The minimum absolute atomic E-state index is 0.0582. The lowest BCUT2D eigenvalue weighted by Gasteiger charge is -2.23. The minimum atomic E-state index is -3.91. The molecule has 0 saturated heterocycles. The SMILES string of the molecule is CC1Cc2cc(S(=O)(=O)Nc3ccc(F)c(Cl)c3)ccc2N1C(=O)c1ccccc1. The van der Waals surface area contributed by atoms with Crippen LogP contribution in [0.4, 0.5) is 15.8 Å². The van der Waals surface area contributed by atoms with Gasteiger partial charge in [0.25, 0.3) is 15.9 Å². The van der Waals surface area contributed by atoms with Crippen molar-refractivity contribution in [2.24, 2.45) is 0 Å². The van der Waals surface area contributed by atoms with Crippen LogP contribution in [-0.2, 0) is 16.4 Å². The van der Waals surface area contributed by atoms with Gasteiger partial charge in [-0.1, -0.05) is 29.8 Å². The van der Waals surface area contributed by atoms with Crippen LogP contribution in [0.25, 0.3) is 0 Å². The fraction of sp³-hybridized carbons (Fsp3) is 0.136. The number of halogens is 2. The van der Waals surface area contributed by atoms with Crippen molar-refractivity contribution in [1.29, 1.82) is 0 Å². The van der Waals surface area contributed by atoms with Crippen molar-refractivity contribution in [3.05, 3.63) is 88.7 Å². The summed E-state index contributed by atoms with van der Waals surface area (Å²) in [5.41, 5.74) is 2.20. The lowest BCUT2D eigenvalue weighted by atomic mass is 10.1. The van der Waals surface area contributed by atoms with E-state index in [2.05, 4.69) is 4.72 Å². The third-order valence-electron chi connectivity index (χ3n) is 4.99. The maximum absolute atomic E-state index is 13.3. The largest absolute Gasteiger partial charge is 0.305 e. The number of benzene rings is 3. The van der Waals surface area contributed by atoms with Crippen LogP contribution in [0.2, 0.25) is 5.02 Å². The van der Waals surface area contributed by atoms with Crippen molar-refractivity contribution in [3.8, 4) is 0 Å². The van der Waals surface area contributed by atoms with Crippen LogP contribution >= 0.6 is 11.6 Å². The molecule has 0 saturated carbocycles.